The molecule has 0 aliphatic rings. The van der Waals surface area contributed by atoms with Crippen molar-refractivity contribution in [2.24, 2.45) is 0 Å². The molecule has 68 valence electrons. The number of hydrogen-bond acceptors (Lipinski definition) is 0. The standard InChI is InChI=1S/C12H17.Al/c1-5-10-7-6-8-11(9-10)12(2,3)4;/h6-7,9H,5H2,1-4H3;. The average molecular weight is 188 g/mol. The van der Waals surface area contributed by atoms with E-state index in [-0.39, 0.29) is 5.41 Å². The van der Waals surface area contributed by atoms with Gasteiger partial charge in [0, 0.05) is 0 Å². The lowest BCUT2D eigenvalue weighted by Gasteiger charge is -2.23. The number of hydrogen-bond donors (Lipinski definition) is 0. The van der Waals surface area contributed by atoms with E-state index in [1.54, 1.807) is 0 Å². The van der Waals surface area contributed by atoms with Crippen molar-refractivity contribution >= 4 is 20.7 Å². The van der Waals surface area contributed by atoms with Crippen molar-refractivity contribution in [2.45, 2.75) is 39.5 Å². The third kappa shape index (κ3) is 2.60. The van der Waals surface area contributed by atoms with E-state index in [4.69, 9.17) is 0 Å². The van der Waals surface area contributed by atoms with Crippen LogP contribution in [0.2, 0.25) is 0 Å². The Morgan fingerprint density at radius 2 is 1.85 bits per heavy atom. The molecule has 0 nitrogen and oxygen atoms in total. The highest BCUT2D eigenvalue weighted by Gasteiger charge is 2.15. The lowest BCUT2D eigenvalue weighted by Crippen LogP contribution is -2.23. The van der Waals surface area contributed by atoms with Crippen molar-refractivity contribution in [1.29, 1.82) is 0 Å². The van der Waals surface area contributed by atoms with Crippen LogP contribution >= 0.6 is 0 Å². The van der Waals surface area contributed by atoms with Gasteiger partial charge in [-0.3, -0.25) is 0 Å². The van der Waals surface area contributed by atoms with Crippen molar-refractivity contribution in [2.75, 3.05) is 0 Å². The first-order valence-corrected chi connectivity index (χ1v) is 5.41. The maximum Gasteiger partial charge on any atom is 0.176 e. The lowest BCUT2D eigenvalue weighted by atomic mass is 9.86. The Hall–Kier alpha value is -0.248. The molecule has 2 radical (unpaired) electrons. The van der Waals surface area contributed by atoms with E-state index >= 15 is 0 Å². The zero-order valence-corrected chi connectivity index (χ0v) is 10.2. The molecule has 0 saturated carbocycles. The molecule has 0 heterocycles. The molecular weight excluding hydrogens is 171 g/mol. The van der Waals surface area contributed by atoms with Crippen molar-refractivity contribution in [1.82, 2.24) is 0 Å². The third-order valence-corrected chi connectivity index (χ3v) is 2.84. The molecule has 1 aromatic carbocycles. The molecule has 13 heavy (non-hydrogen) atoms. The summed E-state index contributed by atoms with van der Waals surface area (Å²) >= 11 is 2.82. The SMILES string of the molecule is CCc1cc[c]([Al])c(C(C)(C)C)c1. The molecule has 0 aliphatic carbocycles. The van der Waals surface area contributed by atoms with Gasteiger partial charge in [0.2, 0.25) is 0 Å². The van der Waals surface area contributed by atoms with E-state index in [0.717, 1.165) is 6.42 Å². The molecule has 1 heteroatoms. The van der Waals surface area contributed by atoms with Crippen LogP contribution in [0.4, 0.5) is 0 Å². The lowest BCUT2D eigenvalue weighted by molar-refractivity contribution is 0.593. The first-order valence-electron chi connectivity index (χ1n) is 4.84. The fourth-order valence-corrected chi connectivity index (χ4v) is 2.09. The Labute approximate surface area is 89.8 Å². The van der Waals surface area contributed by atoms with Gasteiger partial charge in [-0.25, -0.2) is 0 Å². The van der Waals surface area contributed by atoms with Crippen LogP contribution in [0, 0.1) is 0 Å². The van der Waals surface area contributed by atoms with Crippen molar-refractivity contribution in [3.63, 3.8) is 0 Å². The summed E-state index contributed by atoms with van der Waals surface area (Å²) in [5.74, 6) is 0. The van der Waals surface area contributed by atoms with Crippen LogP contribution in [0.15, 0.2) is 18.2 Å². The summed E-state index contributed by atoms with van der Waals surface area (Å²) in [4.78, 5) is 0. The largest absolute Gasteiger partial charge is 0.176 e. The number of aryl methyl sites for hydroxylation is 1. The van der Waals surface area contributed by atoms with Crippen LogP contribution in [0.5, 0.6) is 0 Å². The number of benzene rings is 1. The summed E-state index contributed by atoms with van der Waals surface area (Å²) in [5, 5.41) is 0. The highest BCUT2D eigenvalue weighted by atomic mass is 27.0. The number of rotatable bonds is 1. The molecule has 0 amide bonds. The highest BCUT2D eigenvalue weighted by Crippen LogP contribution is 2.21. The van der Waals surface area contributed by atoms with E-state index in [0.29, 0.717) is 0 Å². The Bertz CT molecular complexity index is 294. The zero-order chi connectivity index (χ0) is 10.1. The van der Waals surface area contributed by atoms with E-state index in [1.165, 1.54) is 15.6 Å². The first-order chi connectivity index (χ1) is 5.95. The molecular formula is C12H17Al. The van der Waals surface area contributed by atoms with Crippen molar-refractivity contribution in [3.8, 4) is 0 Å². The molecule has 0 aromatic heterocycles. The first kappa shape index (κ1) is 10.8. The minimum absolute atomic E-state index is 0.252. The molecule has 0 atom stereocenters. The van der Waals surface area contributed by atoms with E-state index in [2.05, 4.69) is 62.2 Å². The predicted molar refractivity (Wildman–Crippen MR) is 59.9 cm³/mol. The summed E-state index contributed by atoms with van der Waals surface area (Å²) in [7, 11) is 0. The Morgan fingerprint density at radius 3 is 2.31 bits per heavy atom. The van der Waals surface area contributed by atoms with Crippen LogP contribution < -0.4 is 4.43 Å². The van der Waals surface area contributed by atoms with E-state index in [9.17, 15) is 0 Å². The monoisotopic (exact) mass is 188 g/mol. The van der Waals surface area contributed by atoms with E-state index < -0.39 is 0 Å². The molecule has 0 saturated heterocycles. The summed E-state index contributed by atoms with van der Waals surface area (Å²) in [6, 6.07) is 6.73. The predicted octanol–water partition coefficient (Wildman–Crippen LogP) is 2.34. The Balaban J connectivity index is 3.19. The fourth-order valence-electron chi connectivity index (χ4n) is 1.47. The van der Waals surface area contributed by atoms with Crippen LogP contribution in [0.25, 0.3) is 0 Å². The second-order valence-corrected chi connectivity index (χ2v) is 5.15. The van der Waals surface area contributed by atoms with Crippen LogP contribution in [0.3, 0.4) is 0 Å². The van der Waals surface area contributed by atoms with Crippen LogP contribution in [0.1, 0.15) is 38.8 Å². The Kier molecular flexibility index (Phi) is 3.22. The third-order valence-electron chi connectivity index (χ3n) is 2.33. The van der Waals surface area contributed by atoms with Gasteiger partial charge in [-0.05, 0) is 17.4 Å². The molecule has 0 spiro atoms. The minimum Gasteiger partial charge on any atom is -0.135 e. The molecule has 0 unspecified atom stereocenters. The summed E-state index contributed by atoms with van der Waals surface area (Å²) < 4.78 is 1.32. The normalized spacial score (nSPS) is 11.7. The summed E-state index contributed by atoms with van der Waals surface area (Å²) in [5.41, 5.74) is 3.12. The molecule has 0 aliphatic heterocycles. The smallest absolute Gasteiger partial charge is 0.135 e. The maximum atomic E-state index is 2.82. The molecule has 0 bridgehead atoms. The maximum absolute atomic E-state index is 2.82. The molecule has 1 aromatic rings. The van der Waals surface area contributed by atoms with Crippen LogP contribution in [-0.4, -0.2) is 16.3 Å². The average Bonchev–Trinajstić information content (AvgIpc) is 2.03. The molecule has 0 N–H and O–H groups in total. The highest BCUT2D eigenvalue weighted by molar-refractivity contribution is 6.33. The van der Waals surface area contributed by atoms with Gasteiger partial charge in [-0.1, -0.05) is 51.5 Å². The van der Waals surface area contributed by atoms with Crippen LogP contribution in [-0.2, 0) is 11.8 Å². The van der Waals surface area contributed by atoms with Gasteiger partial charge in [0.05, 0.1) is 0 Å². The topological polar surface area (TPSA) is 0 Å². The summed E-state index contributed by atoms with van der Waals surface area (Å²) in [6.45, 7) is 8.98. The van der Waals surface area contributed by atoms with Gasteiger partial charge in [-0.2, -0.15) is 0 Å². The molecule has 1 rings (SSSR count). The zero-order valence-electron chi connectivity index (χ0n) is 9.02. The second kappa shape index (κ2) is 3.86. The van der Waals surface area contributed by atoms with Gasteiger partial charge >= 0.3 is 0 Å². The molecule has 0 fully saturated rings. The van der Waals surface area contributed by atoms with E-state index in [1.807, 2.05) is 0 Å². The second-order valence-electron chi connectivity index (χ2n) is 4.53. The Morgan fingerprint density at radius 1 is 1.23 bits per heavy atom. The quantitative estimate of drug-likeness (QED) is 0.593. The van der Waals surface area contributed by atoms with Gasteiger partial charge < -0.3 is 0 Å². The minimum atomic E-state index is 0.252. The van der Waals surface area contributed by atoms with Crippen molar-refractivity contribution in [3.05, 3.63) is 29.3 Å². The summed E-state index contributed by atoms with van der Waals surface area (Å²) in [6.07, 6.45) is 1.12. The van der Waals surface area contributed by atoms with Gasteiger partial charge in [-0.15, -0.1) is 4.43 Å². The van der Waals surface area contributed by atoms with Gasteiger partial charge in [0.15, 0.2) is 16.3 Å². The van der Waals surface area contributed by atoms with Gasteiger partial charge in [0.25, 0.3) is 0 Å². The van der Waals surface area contributed by atoms with Gasteiger partial charge in [0.1, 0.15) is 0 Å². The fraction of sp³-hybridized carbons (Fsp3) is 0.500. The van der Waals surface area contributed by atoms with Crippen molar-refractivity contribution < 1.29 is 0 Å².